The number of carbonyl (C=O) groups is 3. The molecule has 2 aromatic rings. The average Bonchev–Trinajstić information content (AvgIpc) is 2.89. The molecule has 0 aliphatic carbocycles. The summed E-state index contributed by atoms with van der Waals surface area (Å²) >= 11 is 12.2. The van der Waals surface area contributed by atoms with Crippen molar-refractivity contribution >= 4 is 46.7 Å². The highest BCUT2D eigenvalue weighted by atomic mass is 35.5. The first-order valence-corrected chi connectivity index (χ1v) is 14.9. The Morgan fingerprint density at radius 2 is 1.28 bits per heavy atom. The molecule has 1 N–H and O–H groups in total. The fraction of sp³-hybridized carbons (Fsp3) is 0.516. The van der Waals surface area contributed by atoms with Crippen LogP contribution in [-0.2, 0) is 32.2 Å². The predicted molar refractivity (Wildman–Crippen MR) is 159 cm³/mol. The van der Waals surface area contributed by atoms with Gasteiger partial charge in [0.1, 0.15) is 0 Å². The molecule has 6 nitrogen and oxygen atoms in total. The van der Waals surface area contributed by atoms with Crippen LogP contribution < -0.4 is 5.32 Å². The number of unbranched alkanes of at least 4 members (excludes halogenated alkanes) is 9. The Hall–Kier alpha value is -2.57. The molecule has 0 aliphatic rings. The SMILES string of the molecule is CCCCCCCCCCCCC(=O)Nc1ccc(CN(Cc2cc(Cl)cc(Cl)c2)C(=O)C(=O)OCC)cc1. The molecule has 0 saturated carbocycles. The third-order valence-corrected chi connectivity index (χ3v) is 6.84. The lowest BCUT2D eigenvalue weighted by Gasteiger charge is -2.22. The molecule has 0 saturated heterocycles. The van der Waals surface area contributed by atoms with E-state index in [-0.39, 0.29) is 25.6 Å². The molecule has 2 rings (SSSR count). The van der Waals surface area contributed by atoms with Crippen molar-refractivity contribution in [1.29, 1.82) is 0 Å². The van der Waals surface area contributed by atoms with Gasteiger partial charge in [0.05, 0.1) is 6.61 Å². The zero-order valence-electron chi connectivity index (χ0n) is 23.3. The Balaban J connectivity index is 1.83. The van der Waals surface area contributed by atoms with Crippen LogP contribution in [0.1, 0.15) is 95.6 Å². The first-order chi connectivity index (χ1) is 18.8. The summed E-state index contributed by atoms with van der Waals surface area (Å²) in [5.41, 5.74) is 2.19. The second-order valence-corrected chi connectivity index (χ2v) is 10.7. The standard InChI is InChI=1S/C31H42Cl2N2O4/c1-3-5-6-7-8-9-10-11-12-13-14-29(36)34-28-17-15-24(16-18-28)22-35(30(37)31(38)39-4-2)23-25-19-26(32)21-27(33)20-25/h15-21H,3-14,22-23H2,1-2H3,(H,34,36). The van der Waals surface area contributed by atoms with E-state index in [0.717, 1.165) is 18.4 Å². The monoisotopic (exact) mass is 576 g/mol. The number of hydrogen-bond acceptors (Lipinski definition) is 4. The zero-order chi connectivity index (χ0) is 28.5. The molecule has 0 radical (unpaired) electrons. The van der Waals surface area contributed by atoms with Crippen molar-refractivity contribution in [3.8, 4) is 0 Å². The van der Waals surface area contributed by atoms with Crippen molar-refractivity contribution in [3.05, 3.63) is 63.6 Å². The number of hydrogen-bond donors (Lipinski definition) is 1. The van der Waals surface area contributed by atoms with Gasteiger partial charge >= 0.3 is 11.9 Å². The van der Waals surface area contributed by atoms with Gasteiger partial charge in [-0.25, -0.2) is 4.79 Å². The summed E-state index contributed by atoms with van der Waals surface area (Å²) in [5.74, 6) is -1.66. The minimum absolute atomic E-state index is 0.000680. The van der Waals surface area contributed by atoms with Crippen LogP contribution in [0.5, 0.6) is 0 Å². The molecule has 2 aromatic carbocycles. The van der Waals surface area contributed by atoms with Crippen molar-refractivity contribution in [2.45, 2.75) is 97.6 Å². The second-order valence-electron chi connectivity index (χ2n) is 9.84. The molecule has 0 fully saturated rings. The summed E-state index contributed by atoms with van der Waals surface area (Å²) in [5, 5.41) is 3.83. The fourth-order valence-electron chi connectivity index (χ4n) is 4.35. The van der Waals surface area contributed by atoms with E-state index >= 15 is 0 Å². The Morgan fingerprint density at radius 3 is 1.85 bits per heavy atom. The summed E-state index contributed by atoms with van der Waals surface area (Å²) in [7, 11) is 0. The van der Waals surface area contributed by atoms with Crippen LogP contribution in [0.2, 0.25) is 10.0 Å². The van der Waals surface area contributed by atoms with Gasteiger partial charge in [-0.05, 0) is 54.8 Å². The van der Waals surface area contributed by atoms with E-state index in [2.05, 4.69) is 12.2 Å². The number of benzene rings is 2. The van der Waals surface area contributed by atoms with Gasteiger partial charge < -0.3 is 15.0 Å². The highest BCUT2D eigenvalue weighted by molar-refractivity contribution is 6.34. The van der Waals surface area contributed by atoms with Crippen molar-refractivity contribution in [2.24, 2.45) is 0 Å². The summed E-state index contributed by atoms with van der Waals surface area (Å²) in [4.78, 5) is 38.7. The lowest BCUT2D eigenvalue weighted by Crippen LogP contribution is -2.36. The van der Waals surface area contributed by atoms with E-state index in [9.17, 15) is 14.4 Å². The van der Waals surface area contributed by atoms with Gasteiger partial charge in [0.15, 0.2) is 0 Å². The molecule has 0 aromatic heterocycles. The lowest BCUT2D eigenvalue weighted by atomic mass is 10.1. The first-order valence-electron chi connectivity index (χ1n) is 14.1. The highest BCUT2D eigenvalue weighted by Gasteiger charge is 2.24. The van der Waals surface area contributed by atoms with E-state index in [1.807, 2.05) is 12.1 Å². The zero-order valence-corrected chi connectivity index (χ0v) is 24.8. The van der Waals surface area contributed by atoms with Crippen molar-refractivity contribution in [1.82, 2.24) is 4.90 Å². The molecule has 0 bridgehead atoms. The van der Waals surface area contributed by atoms with Crippen LogP contribution in [0.25, 0.3) is 0 Å². The van der Waals surface area contributed by atoms with Crippen molar-refractivity contribution in [2.75, 3.05) is 11.9 Å². The first kappa shape index (κ1) is 32.6. The van der Waals surface area contributed by atoms with Crippen LogP contribution in [-0.4, -0.2) is 29.3 Å². The third kappa shape index (κ3) is 13.4. The van der Waals surface area contributed by atoms with Gasteiger partial charge in [-0.1, -0.05) is 100 Å². The molecule has 0 aliphatic heterocycles. The van der Waals surface area contributed by atoms with Gasteiger partial charge in [-0.2, -0.15) is 0 Å². The number of ether oxygens (including phenoxy) is 1. The fourth-order valence-corrected chi connectivity index (χ4v) is 4.93. The molecule has 214 valence electrons. The summed E-state index contributed by atoms with van der Waals surface area (Å²) < 4.78 is 4.92. The van der Waals surface area contributed by atoms with Gasteiger partial charge in [-0.3, -0.25) is 9.59 Å². The van der Waals surface area contributed by atoms with E-state index in [1.165, 1.54) is 56.3 Å². The van der Waals surface area contributed by atoms with Crippen molar-refractivity contribution in [3.63, 3.8) is 0 Å². The summed E-state index contributed by atoms with van der Waals surface area (Å²) in [6.07, 6.45) is 12.8. The summed E-state index contributed by atoms with van der Waals surface area (Å²) in [6, 6.07) is 12.3. The Bertz CT molecular complexity index is 1020. The molecular formula is C31H42Cl2N2O4. The number of nitrogens with zero attached hydrogens (tertiary/aromatic N) is 1. The Kier molecular flexibility index (Phi) is 15.6. The molecule has 0 spiro atoms. The predicted octanol–water partition coefficient (Wildman–Crippen LogP) is 8.33. The highest BCUT2D eigenvalue weighted by Crippen LogP contribution is 2.22. The van der Waals surface area contributed by atoms with Gasteiger partial charge in [0.25, 0.3) is 0 Å². The molecule has 0 atom stereocenters. The van der Waals surface area contributed by atoms with E-state index in [0.29, 0.717) is 27.7 Å². The van der Waals surface area contributed by atoms with Gasteiger partial charge in [0, 0.05) is 35.2 Å². The number of rotatable bonds is 17. The summed E-state index contributed by atoms with van der Waals surface area (Å²) in [6.45, 7) is 4.30. The Labute approximate surface area is 243 Å². The van der Waals surface area contributed by atoms with Gasteiger partial charge in [0.2, 0.25) is 5.91 Å². The largest absolute Gasteiger partial charge is 0.459 e. The number of nitrogens with one attached hydrogen (secondary N) is 1. The molecule has 8 heteroatoms. The average molecular weight is 578 g/mol. The maximum absolute atomic E-state index is 12.8. The number of anilines is 1. The maximum Gasteiger partial charge on any atom is 0.397 e. The van der Waals surface area contributed by atoms with Gasteiger partial charge in [-0.15, -0.1) is 0 Å². The molecule has 2 amide bonds. The molecule has 0 heterocycles. The normalized spacial score (nSPS) is 10.8. The van der Waals surface area contributed by atoms with Crippen LogP contribution in [0.3, 0.4) is 0 Å². The van der Waals surface area contributed by atoms with E-state index in [4.69, 9.17) is 27.9 Å². The smallest absolute Gasteiger partial charge is 0.397 e. The number of amides is 2. The lowest BCUT2D eigenvalue weighted by molar-refractivity contribution is -0.160. The minimum atomic E-state index is -0.915. The third-order valence-electron chi connectivity index (χ3n) is 6.40. The topological polar surface area (TPSA) is 75.7 Å². The van der Waals surface area contributed by atoms with E-state index < -0.39 is 11.9 Å². The van der Waals surface area contributed by atoms with Crippen molar-refractivity contribution < 1.29 is 19.1 Å². The molecule has 39 heavy (non-hydrogen) atoms. The Morgan fingerprint density at radius 1 is 0.744 bits per heavy atom. The minimum Gasteiger partial charge on any atom is -0.459 e. The number of esters is 1. The van der Waals surface area contributed by atoms with E-state index in [1.54, 1.807) is 37.3 Å². The van der Waals surface area contributed by atoms with Crippen LogP contribution in [0.15, 0.2) is 42.5 Å². The molecular weight excluding hydrogens is 535 g/mol. The number of halogens is 2. The maximum atomic E-state index is 12.8. The number of carbonyl (C=O) groups excluding carboxylic acids is 3. The molecule has 0 unspecified atom stereocenters. The van der Waals surface area contributed by atoms with Crippen LogP contribution in [0.4, 0.5) is 5.69 Å². The van der Waals surface area contributed by atoms with Crippen LogP contribution in [0, 0.1) is 0 Å². The van der Waals surface area contributed by atoms with Crippen LogP contribution >= 0.6 is 23.2 Å². The second kappa shape index (κ2) is 18.7. The quantitative estimate of drug-likeness (QED) is 0.117.